The number of hydrogen-bond donors (Lipinski definition) is 0. The minimum absolute atomic E-state index is 0.0257. The highest BCUT2D eigenvalue weighted by Crippen LogP contribution is 2.39. The van der Waals surface area contributed by atoms with Gasteiger partial charge in [-0.15, -0.1) is 0 Å². The maximum absolute atomic E-state index is 12.1. The molecule has 2 aliphatic carbocycles. The van der Waals surface area contributed by atoms with Crippen molar-refractivity contribution in [1.29, 1.82) is 0 Å². The first-order valence-electron chi connectivity index (χ1n) is 15.5. The average molecular weight is 611 g/mol. The van der Waals surface area contributed by atoms with Gasteiger partial charge in [0.15, 0.2) is 0 Å². The Morgan fingerprint density at radius 2 is 0.841 bits per heavy atom. The summed E-state index contributed by atoms with van der Waals surface area (Å²) in [4.78, 5) is 44.4. The van der Waals surface area contributed by atoms with Crippen molar-refractivity contribution < 1.29 is 28.9 Å². The molecule has 2 fully saturated rings. The van der Waals surface area contributed by atoms with Crippen LogP contribution in [0.2, 0.25) is 0 Å². The second kappa shape index (κ2) is 14.8. The van der Waals surface area contributed by atoms with Gasteiger partial charge in [0.2, 0.25) is 0 Å². The lowest BCUT2D eigenvalue weighted by atomic mass is 9.72. The van der Waals surface area contributed by atoms with E-state index >= 15 is 0 Å². The molecule has 0 saturated heterocycles. The van der Waals surface area contributed by atoms with E-state index in [0.29, 0.717) is 33.8 Å². The molecule has 2 aliphatic rings. The van der Waals surface area contributed by atoms with Crippen LogP contribution in [0.15, 0.2) is 48.5 Å². The first-order valence-corrected chi connectivity index (χ1v) is 15.5. The zero-order valence-electron chi connectivity index (χ0n) is 26.7. The molecule has 0 atom stereocenters. The summed E-state index contributed by atoms with van der Waals surface area (Å²) in [5.74, 6) is 0.548. The Balaban J connectivity index is 0.000000240. The molecule has 0 unspecified atom stereocenters. The highest BCUT2D eigenvalue weighted by molar-refractivity contribution is 5.90. The maximum Gasteiger partial charge on any atom is 0.338 e. The molecule has 2 aromatic carbocycles. The van der Waals surface area contributed by atoms with E-state index in [0.717, 1.165) is 51.4 Å². The largest absolute Gasteiger partial charge is 0.459 e. The van der Waals surface area contributed by atoms with Gasteiger partial charge in [-0.05, 0) is 98.3 Å². The molecular formula is C34H46N2O8. The topological polar surface area (TPSA) is 139 Å². The first-order chi connectivity index (χ1) is 20.5. The summed E-state index contributed by atoms with van der Waals surface area (Å²) in [6.07, 6.45) is 7.76. The SMILES string of the molecule is CC(C)(C)C1CCC(OC(=O)c2ccc([N+](=O)[O-])cc2)CC1.CC(C)(C)C1CCC(OC(=O)c2ccc([N+](=O)[O-])cc2)CC1. The zero-order chi connectivity index (χ0) is 32.7. The van der Waals surface area contributed by atoms with Gasteiger partial charge in [-0.2, -0.15) is 0 Å². The van der Waals surface area contributed by atoms with Crippen LogP contribution in [0.4, 0.5) is 11.4 Å². The molecule has 0 N–H and O–H groups in total. The fourth-order valence-corrected chi connectivity index (χ4v) is 5.97. The summed E-state index contributed by atoms with van der Waals surface area (Å²) in [5.41, 5.74) is 1.28. The second-order valence-electron chi connectivity index (χ2n) is 14.1. The minimum Gasteiger partial charge on any atom is -0.459 e. The fraction of sp³-hybridized carbons (Fsp3) is 0.588. The van der Waals surface area contributed by atoms with Crippen molar-refractivity contribution in [2.75, 3.05) is 0 Å². The number of ether oxygens (including phenoxy) is 2. The van der Waals surface area contributed by atoms with Crippen molar-refractivity contribution in [1.82, 2.24) is 0 Å². The smallest absolute Gasteiger partial charge is 0.338 e. The number of hydrogen-bond acceptors (Lipinski definition) is 8. The molecule has 0 heterocycles. The molecule has 240 valence electrons. The predicted octanol–water partition coefficient (Wildman–Crippen LogP) is 8.71. The Kier molecular flexibility index (Phi) is 11.6. The first kappa shape index (κ1) is 34.7. The Morgan fingerprint density at radius 3 is 1.07 bits per heavy atom. The van der Waals surface area contributed by atoms with Crippen LogP contribution in [-0.4, -0.2) is 34.0 Å². The van der Waals surface area contributed by atoms with Gasteiger partial charge in [-0.25, -0.2) is 9.59 Å². The summed E-state index contributed by atoms with van der Waals surface area (Å²) in [7, 11) is 0. The van der Waals surface area contributed by atoms with E-state index in [1.54, 1.807) is 0 Å². The number of nitro groups is 2. The van der Waals surface area contributed by atoms with E-state index in [1.165, 1.54) is 48.5 Å². The second-order valence-corrected chi connectivity index (χ2v) is 14.1. The zero-order valence-corrected chi connectivity index (χ0v) is 26.7. The summed E-state index contributed by atoms with van der Waals surface area (Å²) in [6, 6.07) is 11.1. The van der Waals surface area contributed by atoms with E-state index < -0.39 is 21.8 Å². The number of non-ortho nitro benzene ring substituents is 2. The van der Waals surface area contributed by atoms with Crippen molar-refractivity contribution in [2.24, 2.45) is 22.7 Å². The van der Waals surface area contributed by atoms with Crippen molar-refractivity contribution in [3.8, 4) is 0 Å². The van der Waals surface area contributed by atoms with Crippen LogP contribution in [0.1, 0.15) is 114 Å². The van der Waals surface area contributed by atoms with Gasteiger partial charge in [0.25, 0.3) is 11.4 Å². The quantitative estimate of drug-likeness (QED) is 0.180. The summed E-state index contributed by atoms with van der Waals surface area (Å²) >= 11 is 0. The highest BCUT2D eigenvalue weighted by Gasteiger charge is 2.32. The molecule has 0 bridgehead atoms. The molecule has 0 spiro atoms. The van der Waals surface area contributed by atoms with E-state index in [-0.39, 0.29) is 23.6 Å². The van der Waals surface area contributed by atoms with E-state index in [9.17, 15) is 29.8 Å². The van der Waals surface area contributed by atoms with Gasteiger partial charge in [-0.3, -0.25) is 20.2 Å². The molecule has 0 radical (unpaired) electrons. The van der Waals surface area contributed by atoms with E-state index in [2.05, 4.69) is 41.5 Å². The minimum atomic E-state index is -0.483. The van der Waals surface area contributed by atoms with Crippen molar-refractivity contribution >= 4 is 23.3 Å². The molecule has 2 aromatic rings. The van der Waals surface area contributed by atoms with Crippen molar-refractivity contribution in [3.63, 3.8) is 0 Å². The van der Waals surface area contributed by atoms with Gasteiger partial charge in [0.05, 0.1) is 21.0 Å². The molecule has 2 saturated carbocycles. The average Bonchev–Trinajstić information content (AvgIpc) is 2.97. The number of benzene rings is 2. The Morgan fingerprint density at radius 1 is 0.568 bits per heavy atom. The molecule has 44 heavy (non-hydrogen) atoms. The monoisotopic (exact) mass is 610 g/mol. The van der Waals surface area contributed by atoms with Crippen molar-refractivity contribution in [2.45, 2.75) is 105 Å². The third-order valence-electron chi connectivity index (χ3n) is 8.97. The molecular weight excluding hydrogens is 564 g/mol. The van der Waals surface area contributed by atoms with Gasteiger partial charge in [0, 0.05) is 24.3 Å². The lowest BCUT2D eigenvalue weighted by Gasteiger charge is -2.36. The predicted molar refractivity (Wildman–Crippen MR) is 167 cm³/mol. The standard InChI is InChI=1S/2C17H23NO4/c2*1-17(2,3)13-6-10-15(11-7-13)22-16(19)12-4-8-14(9-5-12)18(20)21/h2*4-5,8-9,13,15H,6-7,10-11H2,1-3H3. The van der Waals surface area contributed by atoms with Crippen LogP contribution in [-0.2, 0) is 9.47 Å². The molecule has 0 aliphatic heterocycles. The molecule has 0 aromatic heterocycles. The van der Waals surface area contributed by atoms with Crippen LogP contribution in [0.25, 0.3) is 0 Å². The van der Waals surface area contributed by atoms with Crippen molar-refractivity contribution in [3.05, 3.63) is 79.9 Å². The lowest BCUT2D eigenvalue weighted by Crippen LogP contribution is -2.30. The third-order valence-corrected chi connectivity index (χ3v) is 8.97. The number of esters is 2. The van der Waals surface area contributed by atoms with E-state index in [1.807, 2.05) is 0 Å². The number of rotatable bonds is 6. The number of nitrogens with zero attached hydrogens (tertiary/aromatic N) is 2. The van der Waals surface area contributed by atoms with Gasteiger partial charge in [-0.1, -0.05) is 41.5 Å². The third kappa shape index (κ3) is 10.1. The Hall–Kier alpha value is -3.82. The number of nitro benzene ring substituents is 2. The molecule has 10 heteroatoms. The van der Waals surface area contributed by atoms with Crippen LogP contribution in [0.5, 0.6) is 0 Å². The summed E-state index contributed by atoms with van der Waals surface area (Å²) < 4.78 is 11.1. The van der Waals surface area contributed by atoms with Gasteiger partial charge < -0.3 is 9.47 Å². The maximum atomic E-state index is 12.1. The van der Waals surface area contributed by atoms with Crippen LogP contribution >= 0.6 is 0 Å². The summed E-state index contributed by atoms with van der Waals surface area (Å²) in [6.45, 7) is 13.5. The molecule has 4 rings (SSSR count). The van der Waals surface area contributed by atoms with Crippen LogP contribution in [0, 0.1) is 42.9 Å². The van der Waals surface area contributed by atoms with Gasteiger partial charge >= 0.3 is 11.9 Å². The lowest BCUT2D eigenvalue weighted by molar-refractivity contribution is -0.385. The molecule has 0 amide bonds. The van der Waals surface area contributed by atoms with E-state index in [4.69, 9.17) is 9.47 Å². The number of carbonyl (C=O) groups excluding carboxylic acids is 2. The summed E-state index contributed by atoms with van der Waals surface area (Å²) in [5, 5.41) is 21.2. The normalized spacial score (nSPS) is 22.1. The fourth-order valence-electron chi connectivity index (χ4n) is 5.97. The molecule has 10 nitrogen and oxygen atoms in total. The Bertz CT molecular complexity index is 1180. The Labute approximate surface area is 259 Å². The van der Waals surface area contributed by atoms with Crippen LogP contribution in [0.3, 0.4) is 0 Å². The van der Waals surface area contributed by atoms with Crippen LogP contribution < -0.4 is 0 Å². The van der Waals surface area contributed by atoms with Gasteiger partial charge in [0.1, 0.15) is 12.2 Å². The number of carbonyl (C=O) groups is 2. The highest BCUT2D eigenvalue weighted by atomic mass is 16.6.